The molecule has 1 aliphatic rings. The molecule has 3 heterocycles. The van der Waals surface area contributed by atoms with Crippen molar-refractivity contribution in [1.82, 2.24) is 14.9 Å². The fraction of sp³-hybridized carbons (Fsp3) is 0.556. The Morgan fingerprint density at radius 2 is 2.07 bits per heavy atom. The van der Waals surface area contributed by atoms with Crippen LogP contribution in [0.1, 0.15) is 6.42 Å². The number of methoxy groups -OCH3 is 1. The number of nitro groups is 1. The second kappa shape index (κ2) is 9.58. The van der Waals surface area contributed by atoms with E-state index in [1.165, 1.54) is 4.57 Å². The lowest BCUT2D eigenvalue weighted by Crippen LogP contribution is -2.44. The van der Waals surface area contributed by atoms with Crippen LogP contribution in [0.15, 0.2) is 23.1 Å². The zero-order chi connectivity index (χ0) is 19.9. The number of nitrogens with zero attached hydrogens (tertiary/aromatic N) is 4. The highest BCUT2D eigenvalue weighted by Gasteiger charge is 2.30. The Morgan fingerprint density at radius 1 is 1.29 bits per heavy atom. The van der Waals surface area contributed by atoms with Gasteiger partial charge in [-0.3, -0.25) is 19.9 Å². The van der Waals surface area contributed by atoms with Crippen LogP contribution in [-0.4, -0.2) is 67.6 Å². The molecule has 10 nitrogen and oxygen atoms in total. The molecule has 0 aromatic carbocycles. The number of aromatic nitrogens is 2. The van der Waals surface area contributed by atoms with E-state index in [-0.39, 0.29) is 0 Å². The van der Waals surface area contributed by atoms with Gasteiger partial charge in [-0.05, 0) is 18.6 Å². The Labute approximate surface area is 162 Å². The summed E-state index contributed by atoms with van der Waals surface area (Å²) in [7, 11) is 1.60. The monoisotopic (exact) mass is 391 g/mol. The van der Waals surface area contributed by atoms with Crippen LogP contribution in [0.3, 0.4) is 0 Å². The smallest absolute Gasteiger partial charge is 0.359 e. The van der Waals surface area contributed by atoms with E-state index in [1.807, 2.05) is 4.90 Å². The van der Waals surface area contributed by atoms with Gasteiger partial charge >= 0.3 is 11.2 Å². The van der Waals surface area contributed by atoms with E-state index < -0.39 is 16.2 Å². The van der Waals surface area contributed by atoms with Gasteiger partial charge in [-0.2, -0.15) is 0 Å². The van der Waals surface area contributed by atoms with Gasteiger partial charge in [0.05, 0.1) is 23.7 Å². The van der Waals surface area contributed by atoms with Crippen molar-refractivity contribution in [2.75, 3.05) is 58.0 Å². The van der Waals surface area contributed by atoms with E-state index in [0.717, 1.165) is 0 Å². The molecule has 1 fully saturated rings. The maximum atomic E-state index is 13.0. The number of hydrogen-bond donors (Lipinski definition) is 1. The van der Waals surface area contributed by atoms with Crippen LogP contribution in [0.2, 0.25) is 0 Å². The summed E-state index contributed by atoms with van der Waals surface area (Å²) in [5.74, 6) is 0. The number of anilines is 1. The number of pyridine rings is 2. The minimum absolute atomic E-state index is 0.316. The van der Waals surface area contributed by atoms with Gasteiger partial charge in [0.1, 0.15) is 11.2 Å². The molecule has 1 saturated heterocycles. The SMILES string of the molecule is COCCOCCCn1c(=O)c([N+](=O)[O-])c(N2CCNCC2)c2ncccc21. The average Bonchev–Trinajstić information content (AvgIpc) is 2.71. The molecule has 2 aromatic heterocycles. The van der Waals surface area contributed by atoms with Crippen LogP contribution in [0, 0.1) is 10.1 Å². The van der Waals surface area contributed by atoms with E-state index in [2.05, 4.69) is 10.3 Å². The van der Waals surface area contributed by atoms with Crippen LogP contribution in [-0.2, 0) is 16.0 Å². The third kappa shape index (κ3) is 4.29. The molecule has 152 valence electrons. The van der Waals surface area contributed by atoms with E-state index in [1.54, 1.807) is 25.4 Å². The summed E-state index contributed by atoms with van der Waals surface area (Å²) in [5.41, 5.74) is 0.392. The predicted octanol–water partition coefficient (Wildman–Crippen LogP) is 0.767. The molecule has 3 rings (SSSR count). The summed E-state index contributed by atoms with van der Waals surface area (Å²) in [6, 6.07) is 3.52. The van der Waals surface area contributed by atoms with Gasteiger partial charge in [0, 0.05) is 52.6 Å². The summed E-state index contributed by atoms with van der Waals surface area (Å²) in [6.45, 7) is 4.29. The second-order valence-corrected chi connectivity index (χ2v) is 6.48. The maximum absolute atomic E-state index is 13.0. The molecule has 0 radical (unpaired) electrons. The maximum Gasteiger partial charge on any atom is 0.359 e. The standard InChI is InChI=1S/C18H25N5O5/c1-27-12-13-28-11-3-8-22-14-4-2-5-20-15(14)16(17(18(22)24)23(25)26)21-9-6-19-7-10-21/h2,4-5,19H,3,6-13H2,1H3. The fourth-order valence-electron chi connectivity index (χ4n) is 3.39. The molecule has 0 amide bonds. The van der Waals surface area contributed by atoms with E-state index in [9.17, 15) is 14.9 Å². The van der Waals surface area contributed by atoms with Crippen molar-refractivity contribution in [2.45, 2.75) is 13.0 Å². The Kier molecular flexibility index (Phi) is 6.90. The molecule has 0 spiro atoms. The van der Waals surface area contributed by atoms with Gasteiger partial charge < -0.3 is 24.3 Å². The van der Waals surface area contributed by atoms with Gasteiger partial charge in [-0.1, -0.05) is 0 Å². The number of piperazine rings is 1. The first-order valence-corrected chi connectivity index (χ1v) is 9.33. The predicted molar refractivity (Wildman–Crippen MR) is 105 cm³/mol. The molecule has 28 heavy (non-hydrogen) atoms. The molecule has 0 saturated carbocycles. The molecular formula is C18H25N5O5. The normalized spacial score (nSPS) is 14.5. The molecule has 0 atom stereocenters. The van der Waals surface area contributed by atoms with Crippen LogP contribution in [0.4, 0.5) is 11.4 Å². The molecule has 0 unspecified atom stereocenters. The van der Waals surface area contributed by atoms with E-state index in [0.29, 0.717) is 75.7 Å². The van der Waals surface area contributed by atoms with Crippen molar-refractivity contribution in [2.24, 2.45) is 0 Å². The third-order valence-corrected chi connectivity index (χ3v) is 4.69. The van der Waals surface area contributed by atoms with Gasteiger partial charge in [0.25, 0.3) is 0 Å². The van der Waals surface area contributed by atoms with E-state index >= 15 is 0 Å². The van der Waals surface area contributed by atoms with Crippen molar-refractivity contribution in [3.63, 3.8) is 0 Å². The molecular weight excluding hydrogens is 366 g/mol. The Morgan fingerprint density at radius 3 is 2.79 bits per heavy atom. The zero-order valence-corrected chi connectivity index (χ0v) is 15.9. The zero-order valence-electron chi connectivity index (χ0n) is 15.9. The lowest BCUT2D eigenvalue weighted by atomic mass is 10.2. The summed E-state index contributed by atoms with van der Waals surface area (Å²) < 4.78 is 11.8. The third-order valence-electron chi connectivity index (χ3n) is 4.69. The van der Waals surface area contributed by atoms with Gasteiger partial charge in [-0.25, -0.2) is 0 Å². The summed E-state index contributed by atoms with van der Waals surface area (Å²) in [6.07, 6.45) is 2.15. The van der Waals surface area contributed by atoms with Crippen LogP contribution in [0.5, 0.6) is 0 Å². The minimum atomic E-state index is -0.601. The first-order chi connectivity index (χ1) is 13.6. The Balaban J connectivity index is 1.99. The number of fused-ring (bicyclic) bond motifs is 1. The highest BCUT2D eigenvalue weighted by molar-refractivity contribution is 5.93. The largest absolute Gasteiger partial charge is 0.382 e. The van der Waals surface area contributed by atoms with Crippen molar-refractivity contribution >= 4 is 22.4 Å². The van der Waals surface area contributed by atoms with Crippen molar-refractivity contribution < 1.29 is 14.4 Å². The lowest BCUT2D eigenvalue weighted by Gasteiger charge is -2.29. The molecule has 10 heteroatoms. The number of aryl methyl sites for hydroxylation is 1. The number of rotatable bonds is 9. The van der Waals surface area contributed by atoms with Crippen LogP contribution >= 0.6 is 0 Å². The van der Waals surface area contributed by atoms with Crippen LogP contribution < -0.4 is 15.8 Å². The quantitative estimate of drug-likeness (QED) is 0.379. The molecule has 1 N–H and O–H groups in total. The topological polar surface area (TPSA) is 112 Å². The summed E-state index contributed by atoms with van der Waals surface area (Å²) in [4.78, 5) is 30.5. The van der Waals surface area contributed by atoms with Crippen molar-refractivity contribution in [1.29, 1.82) is 0 Å². The molecule has 1 aliphatic heterocycles. The highest BCUT2D eigenvalue weighted by atomic mass is 16.6. The van der Waals surface area contributed by atoms with E-state index in [4.69, 9.17) is 9.47 Å². The average molecular weight is 391 g/mol. The van der Waals surface area contributed by atoms with Gasteiger partial charge in [0.15, 0.2) is 0 Å². The Bertz CT molecular complexity index is 879. The summed E-state index contributed by atoms with van der Waals surface area (Å²) >= 11 is 0. The summed E-state index contributed by atoms with van der Waals surface area (Å²) in [5, 5.41) is 15.0. The molecule has 0 aliphatic carbocycles. The molecule has 0 bridgehead atoms. The number of hydrogen-bond acceptors (Lipinski definition) is 8. The first-order valence-electron chi connectivity index (χ1n) is 9.33. The Hall–Kier alpha value is -2.56. The number of ether oxygens (including phenoxy) is 2. The van der Waals surface area contributed by atoms with Crippen molar-refractivity contribution in [3.05, 3.63) is 38.8 Å². The lowest BCUT2D eigenvalue weighted by molar-refractivity contribution is -0.385. The number of nitrogens with one attached hydrogen (secondary N) is 1. The second-order valence-electron chi connectivity index (χ2n) is 6.48. The first kappa shape index (κ1) is 20.2. The molecule has 2 aromatic rings. The van der Waals surface area contributed by atoms with Gasteiger partial charge in [-0.15, -0.1) is 0 Å². The minimum Gasteiger partial charge on any atom is -0.382 e. The van der Waals surface area contributed by atoms with Gasteiger partial charge in [0.2, 0.25) is 0 Å². The fourth-order valence-corrected chi connectivity index (χ4v) is 3.39. The van der Waals surface area contributed by atoms with Crippen LogP contribution in [0.25, 0.3) is 11.0 Å². The highest BCUT2D eigenvalue weighted by Crippen LogP contribution is 2.32. The van der Waals surface area contributed by atoms with Crippen molar-refractivity contribution in [3.8, 4) is 0 Å².